The second kappa shape index (κ2) is 4.94. The number of benzene rings is 1. The van der Waals surface area contributed by atoms with Crippen LogP contribution in [0.5, 0.6) is 0 Å². The van der Waals surface area contributed by atoms with Gasteiger partial charge in [-0.25, -0.2) is 8.42 Å². The van der Waals surface area contributed by atoms with Crippen molar-refractivity contribution in [1.82, 2.24) is 10.3 Å². The number of carbonyl (C=O) groups is 1. The topological polar surface area (TPSA) is 79.0 Å². The van der Waals surface area contributed by atoms with Crippen molar-refractivity contribution >= 4 is 26.6 Å². The number of sulfone groups is 1. The Balaban J connectivity index is 1.65. The molecular formula is C14H16N2O3S. The first-order valence-electron chi connectivity index (χ1n) is 6.60. The van der Waals surface area contributed by atoms with Crippen LogP contribution in [-0.4, -0.2) is 37.4 Å². The van der Waals surface area contributed by atoms with Gasteiger partial charge in [0.15, 0.2) is 9.84 Å². The van der Waals surface area contributed by atoms with Crippen molar-refractivity contribution in [2.45, 2.75) is 6.42 Å². The van der Waals surface area contributed by atoms with E-state index in [1.165, 1.54) is 0 Å². The average Bonchev–Trinajstić information content (AvgIpc) is 2.99. The zero-order chi connectivity index (χ0) is 14.2. The number of aromatic nitrogens is 1. The Morgan fingerprint density at radius 2 is 2.15 bits per heavy atom. The molecule has 2 aromatic rings. The third-order valence-electron chi connectivity index (χ3n) is 3.65. The molecule has 1 amide bonds. The van der Waals surface area contributed by atoms with Crippen LogP contribution in [0.2, 0.25) is 0 Å². The summed E-state index contributed by atoms with van der Waals surface area (Å²) in [6.45, 7) is 0.410. The fourth-order valence-electron chi connectivity index (χ4n) is 2.56. The summed E-state index contributed by atoms with van der Waals surface area (Å²) in [7, 11) is -2.89. The van der Waals surface area contributed by atoms with Crippen molar-refractivity contribution in [1.29, 1.82) is 0 Å². The number of H-pyrrole nitrogens is 1. The maximum absolute atomic E-state index is 12.0. The highest BCUT2D eigenvalue weighted by atomic mass is 32.2. The van der Waals surface area contributed by atoms with Gasteiger partial charge in [0.1, 0.15) is 5.69 Å². The zero-order valence-corrected chi connectivity index (χ0v) is 11.7. The molecule has 1 aromatic heterocycles. The second-order valence-corrected chi connectivity index (χ2v) is 7.48. The number of para-hydroxylation sites is 1. The molecule has 1 aromatic carbocycles. The minimum absolute atomic E-state index is 0.0355. The van der Waals surface area contributed by atoms with Crippen LogP contribution >= 0.6 is 0 Å². The van der Waals surface area contributed by atoms with Crippen LogP contribution in [0.3, 0.4) is 0 Å². The third-order valence-corrected chi connectivity index (χ3v) is 5.49. The predicted molar refractivity (Wildman–Crippen MR) is 77.4 cm³/mol. The Bertz CT molecular complexity index is 716. The number of nitrogens with one attached hydrogen (secondary N) is 2. The quantitative estimate of drug-likeness (QED) is 0.896. The summed E-state index contributed by atoms with van der Waals surface area (Å²) in [6.07, 6.45) is 0.634. The van der Waals surface area contributed by atoms with Crippen molar-refractivity contribution in [3.63, 3.8) is 0 Å². The van der Waals surface area contributed by atoms with Crippen LogP contribution in [0.1, 0.15) is 16.9 Å². The Hall–Kier alpha value is -1.82. The van der Waals surface area contributed by atoms with Gasteiger partial charge in [0.2, 0.25) is 0 Å². The number of aromatic amines is 1. The molecule has 6 heteroatoms. The van der Waals surface area contributed by atoms with Crippen LogP contribution in [0.15, 0.2) is 30.3 Å². The molecule has 1 aliphatic heterocycles. The second-order valence-electron chi connectivity index (χ2n) is 5.25. The highest BCUT2D eigenvalue weighted by Crippen LogP contribution is 2.18. The molecule has 0 bridgehead atoms. The Morgan fingerprint density at radius 3 is 2.85 bits per heavy atom. The molecular weight excluding hydrogens is 276 g/mol. The van der Waals surface area contributed by atoms with E-state index in [0.717, 1.165) is 10.9 Å². The molecule has 106 valence electrons. The Kier molecular flexibility index (Phi) is 3.25. The molecule has 1 aliphatic rings. The molecule has 2 N–H and O–H groups in total. The normalized spacial score (nSPS) is 21.1. The van der Waals surface area contributed by atoms with E-state index in [1.807, 2.05) is 24.3 Å². The van der Waals surface area contributed by atoms with Crippen molar-refractivity contribution in [3.05, 3.63) is 36.0 Å². The van der Waals surface area contributed by atoms with Crippen LogP contribution in [0, 0.1) is 5.92 Å². The van der Waals surface area contributed by atoms with Gasteiger partial charge in [0, 0.05) is 17.4 Å². The monoisotopic (exact) mass is 292 g/mol. The van der Waals surface area contributed by atoms with Gasteiger partial charge in [0.05, 0.1) is 11.5 Å². The number of rotatable bonds is 3. The van der Waals surface area contributed by atoms with Crippen molar-refractivity contribution in [2.24, 2.45) is 5.92 Å². The smallest absolute Gasteiger partial charge is 0.267 e. The van der Waals surface area contributed by atoms with Crippen molar-refractivity contribution in [2.75, 3.05) is 18.1 Å². The number of hydrogen-bond acceptors (Lipinski definition) is 3. The number of carbonyl (C=O) groups excluding carboxylic acids is 1. The number of fused-ring (bicyclic) bond motifs is 1. The maximum Gasteiger partial charge on any atom is 0.267 e. The molecule has 1 unspecified atom stereocenters. The van der Waals surface area contributed by atoms with Crippen LogP contribution in [0.25, 0.3) is 10.9 Å². The summed E-state index contributed by atoms with van der Waals surface area (Å²) in [6, 6.07) is 9.48. The molecule has 2 heterocycles. The highest BCUT2D eigenvalue weighted by molar-refractivity contribution is 7.91. The standard InChI is InChI=1S/C14H16N2O3S/c17-14(15-8-10-5-6-20(18,19)9-10)13-7-11-3-1-2-4-12(11)16-13/h1-4,7,10,16H,5-6,8-9H2,(H,15,17). The van der Waals surface area contributed by atoms with Gasteiger partial charge in [-0.1, -0.05) is 18.2 Å². The lowest BCUT2D eigenvalue weighted by Crippen LogP contribution is -2.30. The van der Waals surface area contributed by atoms with E-state index in [9.17, 15) is 13.2 Å². The lowest BCUT2D eigenvalue weighted by Gasteiger charge is -2.08. The molecule has 3 rings (SSSR count). The summed E-state index contributed by atoms with van der Waals surface area (Å²) in [4.78, 5) is 15.1. The van der Waals surface area contributed by atoms with E-state index in [0.29, 0.717) is 18.7 Å². The first kappa shape index (κ1) is 13.2. The SMILES string of the molecule is O=C(NCC1CCS(=O)(=O)C1)c1cc2ccccc2[nH]1. The minimum atomic E-state index is -2.89. The first-order chi connectivity index (χ1) is 9.53. The molecule has 1 fully saturated rings. The van der Waals surface area contributed by atoms with E-state index in [1.54, 1.807) is 6.07 Å². The molecule has 20 heavy (non-hydrogen) atoms. The summed E-state index contributed by atoms with van der Waals surface area (Å²) >= 11 is 0. The summed E-state index contributed by atoms with van der Waals surface area (Å²) in [5, 5.41) is 3.79. The number of hydrogen-bond donors (Lipinski definition) is 2. The van der Waals surface area contributed by atoms with E-state index >= 15 is 0 Å². The molecule has 1 atom stereocenters. The Labute approximate surface area is 117 Å². The van der Waals surface area contributed by atoms with Crippen molar-refractivity contribution < 1.29 is 13.2 Å². The van der Waals surface area contributed by atoms with E-state index in [4.69, 9.17) is 0 Å². The first-order valence-corrected chi connectivity index (χ1v) is 8.42. The Morgan fingerprint density at radius 1 is 1.35 bits per heavy atom. The molecule has 0 saturated carbocycles. The van der Waals surface area contributed by atoms with E-state index in [2.05, 4.69) is 10.3 Å². The summed E-state index contributed by atoms with van der Waals surface area (Å²) in [5.74, 6) is 0.263. The predicted octanol–water partition coefficient (Wildman–Crippen LogP) is 1.33. The van der Waals surface area contributed by atoms with Gasteiger partial charge in [-0.2, -0.15) is 0 Å². The van der Waals surface area contributed by atoms with Crippen LogP contribution in [-0.2, 0) is 9.84 Å². The zero-order valence-electron chi connectivity index (χ0n) is 10.9. The highest BCUT2D eigenvalue weighted by Gasteiger charge is 2.28. The van der Waals surface area contributed by atoms with Gasteiger partial charge < -0.3 is 10.3 Å². The van der Waals surface area contributed by atoms with E-state index in [-0.39, 0.29) is 23.3 Å². The van der Waals surface area contributed by atoms with E-state index < -0.39 is 9.84 Å². The molecule has 5 nitrogen and oxygen atoms in total. The fourth-order valence-corrected chi connectivity index (χ4v) is 4.42. The molecule has 1 saturated heterocycles. The van der Waals surface area contributed by atoms with Gasteiger partial charge in [0.25, 0.3) is 5.91 Å². The van der Waals surface area contributed by atoms with Crippen molar-refractivity contribution in [3.8, 4) is 0 Å². The van der Waals surface area contributed by atoms with Gasteiger partial charge in [-0.15, -0.1) is 0 Å². The minimum Gasteiger partial charge on any atom is -0.351 e. The fraction of sp³-hybridized carbons (Fsp3) is 0.357. The lowest BCUT2D eigenvalue weighted by atomic mass is 10.1. The number of amides is 1. The van der Waals surface area contributed by atoms with Crippen LogP contribution in [0.4, 0.5) is 0 Å². The molecule has 0 radical (unpaired) electrons. The van der Waals surface area contributed by atoms with Gasteiger partial charge in [-0.05, 0) is 24.5 Å². The average molecular weight is 292 g/mol. The van der Waals surface area contributed by atoms with Crippen LogP contribution < -0.4 is 5.32 Å². The largest absolute Gasteiger partial charge is 0.351 e. The molecule has 0 spiro atoms. The summed E-state index contributed by atoms with van der Waals surface area (Å²) < 4.78 is 22.7. The summed E-state index contributed by atoms with van der Waals surface area (Å²) in [5.41, 5.74) is 1.42. The third kappa shape index (κ3) is 2.70. The molecule has 0 aliphatic carbocycles. The van der Waals surface area contributed by atoms with Gasteiger partial charge in [-0.3, -0.25) is 4.79 Å². The lowest BCUT2D eigenvalue weighted by molar-refractivity contribution is 0.0944. The maximum atomic E-state index is 12.0. The van der Waals surface area contributed by atoms with Gasteiger partial charge >= 0.3 is 0 Å².